The van der Waals surface area contributed by atoms with E-state index < -0.39 is 5.97 Å². The number of imide groups is 1. The lowest BCUT2D eigenvalue weighted by molar-refractivity contribution is -0.145. The van der Waals surface area contributed by atoms with Crippen LogP contribution in [0.1, 0.15) is 18.1 Å². The summed E-state index contributed by atoms with van der Waals surface area (Å²) in [5, 5.41) is 0.244. The Labute approximate surface area is 208 Å². The van der Waals surface area contributed by atoms with Gasteiger partial charge in [0, 0.05) is 5.02 Å². The van der Waals surface area contributed by atoms with Crippen molar-refractivity contribution in [1.29, 1.82) is 0 Å². The van der Waals surface area contributed by atoms with Gasteiger partial charge in [-0.1, -0.05) is 23.7 Å². The SMILES string of the molecule is CCOC(=O)COc1c(I)cc(/C=C2/SC(=O)N(Cc3ccc(Cl)cc3)C2=O)cc1OC. The van der Waals surface area contributed by atoms with Gasteiger partial charge in [-0.3, -0.25) is 14.5 Å². The van der Waals surface area contributed by atoms with Crippen LogP contribution in [0.3, 0.4) is 0 Å². The Balaban J connectivity index is 1.79. The van der Waals surface area contributed by atoms with Gasteiger partial charge >= 0.3 is 5.97 Å². The van der Waals surface area contributed by atoms with Crippen molar-refractivity contribution >= 4 is 69.1 Å². The Kier molecular flexibility index (Phi) is 8.44. The van der Waals surface area contributed by atoms with E-state index in [9.17, 15) is 14.4 Å². The van der Waals surface area contributed by atoms with E-state index in [1.165, 1.54) is 12.0 Å². The molecule has 1 heterocycles. The van der Waals surface area contributed by atoms with Crippen molar-refractivity contribution in [3.63, 3.8) is 0 Å². The van der Waals surface area contributed by atoms with Gasteiger partial charge in [0.25, 0.3) is 11.1 Å². The molecule has 0 radical (unpaired) electrons. The van der Waals surface area contributed by atoms with Crippen molar-refractivity contribution < 1.29 is 28.6 Å². The minimum absolute atomic E-state index is 0.167. The summed E-state index contributed by atoms with van der Waals surface area (Å²) in [6, 6.07) is 10.4. The maximum atomic E-state index is 12.8. The number of ether oxygens (including phenoxy) is 3. The Morgan fingerprint density at radius 3 is 2.59 bits per heavy atom. The number of hydrogen-bond donors (Lipinski definition) is 0. The fourth-order valence-corrected chi connectivity index (χ4v) is 4.60. The molecule has 0 saturated carbocycles. The molecule has 7 nitrogen and oxygen atoms in total. The summed E-state index contributed by atoms with van der Waals surface area (Å²) < 4.78 is 16.5. The quantitative estimate of drug-likeness (QED) is 0.241. The first kappa shape index (κ1) is 24.4. The minimum atomic E-state index is -0.483. The summed E-state index contributed by atoms with van der Waals surface area (Å²) >= 11 is 8.83. The molecule has 0 atom stereocenters. The molecule has 2 aromatic rings. The number of rotatable bonds is 8. The zero-order valence-corrected chi connectivity index (χ0v) is 21.0. The molecule has 32 heavy (non-hydrogen) atoms. The van der Waals surface area contributed by atoms with Gasteiger partial charge in [-0.15, -0.1) is 0 Å². The van der Waals surface area contributed by atoms with Gasteiger partial charge in [0.15, 0.2) is 18.1 Å². The zero-order valence-electron chi connectivity index (χ0n) is 17.2. The molecule has 0 bridgehead atoms. The molecular weight excluding hydrogens is 569 g/mol. The van der Waals surface area contributed by atoms with E-state index in [2.05, 4.69) is 22.6 Å². The molecule has 0 spiro atoms. The van der Waals surface area contributed by atoms with Crippen LogP contribution in [0.15, 0.2) is 41.3 Å². The van der Waals surface area contributed by atoms with Crippen LogP contribution in [0.2, 0.25) is 5.02 Å². The predicted octanol–water partition coefficient (Wildman–Crippen LogP) is 5.13. The summed E-state index contributed by atoms with van der Waals surface area (Å²) in [7, 11) is 1.48. The van der Waals surface area contributed by atoms with Crippen molar-refractivity contribution in [3.8, 4) is 11.5 Å². The molecule has 168 valence electrons. The highest BCUT2D eigenvalue weighted by Gasteiger charge is 2.35. The predicted molar refractivity (Wildman–Crippen MR) is 131 cm³/mol. The summed E-state index contributed by atoms with van der Waals surface area (Å²) in [4.78, 5) is 38.3. The van der Waals surface area contributed by atoms with Gasteiger partial charge in [0.05, 0.1) is 28.7 Å². The smallest absolute Gasteiger partial charge is 0.344 e. The van der Waals surface area contributed by atoms with Crippen molar-refractivity contribution in [2.45, 2.75) is 13.5 Å². The molecule has 10 heteroatoms. The summed E-state index contributed by atoms with van der Waals surface area (Å²) in [6.45, 7) is 1.90. The molecule has 2 amide bonds. The standard InChI is InChI=1S/C22H19ClINO6S/c1-3-30-19(26)12-31-20-16(24)8-14(9-17(20)29-2)10-18-21(27)25(22(28)32-18)11-13-4-6-15(23)7-5-13/h4-10H,3,11-12H2,1-2H3/b18-10+. The van der Waals surface area contributed by atoms with E-state index in [-0.39, 0.29) is 30.9 Å². The second-order valence-corrected chi connectivity index (χ2v) is 9.11. The van der Waals surface area contributed by atoms with Crippen LogP contribution < -0.4 is 9.47 Å². The molecule has 1 fully saturated rings. The molecular formula is C22H19ClINO6S. The minimum Gasteiger partial charge on any atom is -0.493 e. The maximum Gasteiger partial charge on any atom is 0.344 e. The number of hydrogen-bond acceptors (Lipinski definition) is 7. The highest BCUT2D eigenvalue weighted by atomic mass is 127. The van der Waals surface area contributed by atoms with E-state index in [4.69, 9.17) is 25.8 Å². The van der Waals surface area contributed by atoms with E-state index in [0.717, 1.165) is 17.3 Å². The Morgan fingerprint density at radius 1 is 1.22 bits per heavy atom. The van der Waals surface area contributed by atoms with Crippen LogP contribution in [-0.2, 0) is 20.9 Å². The van der Waals surface area contributed by atoms with Crippen LogP contribution in [0.4, 0.5) is 4.79 Å². The number of methoxy groups -OCH3 is 1. The number of thioether (sulfide) groups is 1. The van der Waals surface area contributed by atoms with Crippen LogP contribution in [0.25, 0.3) is 6.08 Å². The molecule has 3 rings (SSSR count). The van der Waals surface area contributed by atoms with E-state index >= 15 is 0 Å². The second-order valence-electron chi connectivity index (χ2n) is 6.52. The first-order valence-electron chi connectivity index (χ1n) is 9.48. The Morgan fingerprint density at radius 2 is 1.94 bits per heavy atom. The van der Waals surface area contributed by atoms with Crippen molar-refractivity contribution in [3.05, 3.63) is 61.0 Å². The average Bonchev–Trinajstić information content (AvgIpc) is 3.01. The largest absolute Gasteiger partial charge is 0.493 e. The number of benzene rings is 2. The Hall–Kier alpha value is -2.24. The lowest BCUT2D eigenvalue weighted by atomic mass is 10.1. The summed E-state index contributed by atoms with van der Waals surface area (Å²) in [5.74, 6) is -0.0580. The van der Waals surface area contributed by atoms with Gasteiger partial charge in [-0.05, 0) is 82.7 Å². The van der Waals surface area contributed by atoms with Crippen LogP contribution in [0.5, 0.6) is 11.5 Å². The van der Waals surface area contributed by atoms with Crippen LogP contribution in [-0.4, -0.2) is 42.3 Å². The number of halogens is 2. The zero-order chi connectivity index (χ0) is 23.3. The van der Waals surface area contributed by atoms with Crippen molar-refractivity contribution in [1.82, 2.24) is 4.90 Å². The highest BCUT2D eigenvalue weighted by Crippen LogP contribution is 2.37. The van der Waals surface area contributed by atoms with Crippen molar-refractivity contribution in [2.75, 3.05) is 20.3 Å². The fourth-order valence-electron chi connectivity index (χ4n) is 2.86. The van der Waals surface area contributed by atoms with Crippen LogP contribution >= 0.6 is 46.0 Å². The first-order chi connectivity index (χ1) is 15.3. The lowest BCUT2D eigenvalue weighted by Gasteiger charge is -2.13. The molecule has 0 aromatic heterocycles. The molecule has 1 aliphatic heterocycles. The number of carbonyl (C=O) groups excluding carboxylic acids is 3. The molecule has 0 aliphatic carbocycles. The molecule has 1 aliphatic rings. The number of esters is 1. The van der Waals surface area contributed by atoms with Crippen molar-refractivity contribution in [2.24, 2.45) is 0 Å². The maximum absolute atomic E-state index is 12.8. The van der Waals surface area contributed by atoms with E-state index in [1.54, 1.807) is 49.4 Å². The first-order valence-corrected chi connectivity index (χ1v) is 11.8. The number of carbonyl (C=O) groups is 3. The normalized spacial score (nSPS) is 14.8. The fraction of sp³-hybridized carbons (Fsp3) is 0.227. The van der Waals surface area contributed by atoms with E-state index in [1.807, 2.05) is 0 Å². The summed E-state index contributed by atoms with van der Waals surface area (Å²) in [6.07, 6.45) is 1.63. The molecule has 1 saturated heterocycles. The third kappa shape index (κ3) is 5.96. The second kappa shape index (κ2) is 11.1. The van der Waals surface area contributed by atoms with Gasteiger partial charge < -0.3 is 14.2 Å². The van der Waals surface area contributed by atoms with Gasteiger partial charge in [-0.25, -0.2) is 4.79 Å². The third-order valence-corrected chi connectivity index (χ3v) is 6.28. The van der Waals surface area contributed by atoms with Gasteiger partial charge in [0.2, 0.25) is 0 Å². The molecule has 0 N–H and O–H groups in total. The number of amides is 2. The summed E-state index contributed by atoms with van der Waals surface area (Å²) in [5.41, 5.74) is 1.46. The highest BCUT2D eigenvalue weighted by molar-refractivity contribution is 14.1. The molecule has 0 unspecified atom stereocenters. The van der Waals surface area contributed by atoms with E-state index in [0.29, 0.717) is 30.6 Å². The molecule has 2 aromatic carbocycles. The van der Waals surface area contributed by atoms with Crippen LogP contribution in [0, 0.1) is 3.57 Å². The lowest BCUT2D eigenvalue weighted by Crippen LogP contribution is -2.27. The monoisotopic (exact) mass is 587 g/mol. The topological polar surface area (TPSA) is 82.1 Å². The number of nitrogens with zero attached hydrogens (tertiary/aromatic N) is 1. The third-order valence-electron chi connectivity index (χ3n) is 4.32. The van der Waals surface area contributed by atoms with Gasteiger partial charge in [0.1, 0.15) is 0 Å². The average molecular weight is 588 g/mol. The Bertz CT molecular complexity index is 1070. The van der Waals surface area contributed by atoms with Gasteiger partial charge in [-0.2, -0.15) is 0 Å².